The summed E-state index contributed by atoms with van der Waals surface area (Å²) in [6, 6.07) is 3.36. The molecule has 0 aromatic carbocycles. The zero-order valence-electron chi connectivity index (χ0n) is 19.3. The Morgan fingerprint density at radius 1 is 1.35 bits per heavy atom. The Labute approximate surface area is 197 Å². The van der Waals surface area contributed by atoms with E-state index in [1.807, 2.05) is 0 Å². The molecule has 0 spiro atoms. The monoisotopic (exact) mass is 471 g/mol. The van der Waals surface area contributed by atoms with Crippen LogP contribution in [-0.2, 0) is 16.5 Å². The second kappa shape index (κ2) is 10.7. The molecule has 2 aromatic rings. The van der Waals surface area contributed by atoms with Gasteiger partial charge in [0.15, 0.2) is 17.3 Å². The lowest BCUT2D eigenvalue weighted by Crippen LogP contribution is -2.35. The molecule has 0 bridgehead atoms. The number of fused-ring (bicyclic) bond motifs is 1. The molecule has 10 heteroatoms. The lowest BCUT2D eigenvalue weighted by atomic mass is 9.86. The number of hydrazone groups is 1. The summed E-state index contributed by atoms with van der Waals surface area (Å²) in [7, 11) is 1.59. The normalized spacial score (nSPS) is 23.0. The van der Waals surface area contributed by atoms with E-state index in [4.69, 9.17) is 20.1 Å². The second-order valence-corrected chi connectivity index (χ2v) is 8.61. The van der Waals surface area contributed by atoms with Gasteiger partial charge in [0.25, 0.3) is 11.5 Å². The topological polar surface area (TPSA) is 113 Å². The molecule has 3 N–H and O–H groups in total. The highest BCUT2D eigenvalue weighted by atomic mass is 19.1. The molecule has 1 saturated carbocycles. The van der Waals surface area contributed by atoms with Gasteiger partial charge in [-0.1, -0.05) is 6.58 Å². The molecule has 1 aliphatic carbocycles. The molecular formula is C24H30FN5O4. The zero-order chi connectivity index (χ0) is 24.1. The smallest absolute Gasteiger partial charge is 0.273 e. The van der Waals surface area contributed by atoms with Gasteiger partial charge in [-0.05, 0) is 49.3 Å². The average Bonchev–Trinajstić information content (AvgIpc) is 2.85. The predicted octanol–water partition coefficient (Wildman–Crippen LogP) is 2.36. The van der Waals surface area contributed by atoms with E-state index in [9.17, 15) is 9.18 Å². The molecule has 1 aliphatic heterocycles. The second-order valence-electron chi connectivity index (χ2n) is 8.61. The van der Waals surface area contributed by atoms with E-state index >= 15 is 0 Å². The summed E-state index contributed by atoms with van der Waals surface area (Å²) < 4.78 is 32.7. The van der Waals surface area contributed by atoms with Crippen LogP contribution in [0.4, 0.5) is 4.39 Å². The maximum absolute atomic E-state index is 14.5. The first-order valence-corrected chi connectivity index (χ1v) is 11.4. The highest BCUT2D eigenvalue weighted by Crippen LogP contribution is 2.29. The predicted molar refractivity (Wildman–Crippen MR) is 127 cm³/mol. The minimum atomic E-state index is -0.563. The third-order valence-corrected chi connectivity index (χ3v) is 6.21. The molecule has 3 heterocycles. The van der Waals surface area contributed by atoms with E-state index in [1.165, 1.54) is 10.6 Å². The number of hydrogen-bond donors (Lipinski definition) is 2. The van der Waals surface area contributed by atoms with Gasteiger partial charge < -0.3 is 29.9 Å². The van der Waals surface area contributed by atoms with E-state index in [0.29, 0.717) is 55.1 Å². The van der Waals surface area contributed by atoms with Crippen LogP contribution in [0.3, 0.4) is 0 Å². The van der Waals surface area contributed by atoms with E-state index in [-0.39, 0.29) is 17.2 Å². The van der Waals surface area contributed by atoms with Gasteiger partial charge in [-0.2, -0.15) is 0 Å². The summed E-state index contributed by atoms with van der Waals surface area (Å²) in [5, 5.41) is 7.12. The fourth-order valence-corrected chi connectivity index (χ4v) is 4.30. The Kier molecular flexibility index (Phi) is 7.46. The Hall–Kier alpha value is -3.40. The summed E-state index contributed by atoms with van der Waals surface area (Å²) in [6.45, 7) is 5.95. The van der Waals surface area contributed by atoms with Gasteiger partial charge in [0.1, 0.15) is 18.7 Å². The van der Waals surface area contributed by atoms with Gasteiger partial charge in [0.2, 0.25) is 0 Å². The molecule has 2 fully saturated rings. The quantitative estimate of drug-likeness (QED) is 0.471. The highest BCUT2D eigenvalue weighted by molar-refractivity contribution is 5.92. The van der Waals surface area contributed by atoms with Gasteiger partial charge in [-0.25, -0.2) is 4.39 Å². The van der Waals surface area contributed by atoms with Crippen LogP contribution < -0.4 is 21.5 Å². The van der Waals surface area contributed by atoms with Crippen LogP contribution in [0, 0.1) is 11.7 Å². The third kappa shape index (κ3) is 5.39. The number of nitrogens with two attached hydrogens (primary N) is 1. The van der Waals surface area contributed by atoms with Crippen LogP contribution in [-0.4, -0.2) is 47.9 Å². The van der Waals surface area contributed by atoms with Crippen molar-refractivity contribution < 1.29 is 18.6 Å². The Bertz CT molecular complexity index is 1170. The van der Waals surface area contributed by atoms with Crippen molar-refractivity contribution in [2.24, 2.45) is 23.9 Å². The lowest BCUT2D eigenvalue weighted by Gasteiger charge is -2.29. The highest BCUT2D eigenvalue weighted by Gasteiger charge is 2.23. The van der Waals surface area contributed by atoms with Crippen molar-refractivity contribution in [2.45, 2.75) is 31.7 Å². The average molecular weight is 472 g/mol. The molecule has 0 amide bonds. The molecule has 0 atom stereocenters. The molecule has 1 saturated heterocycles. The number of nitrogens with zero attached hydrogens (tertiary/aromatic N) is 3. The maximum atomic E-state index is 14.5. The Morgan fingerprint density at radius 2 is 2.12 bits per heavy atom. The number of pyridine rings is 2. The van der Waals surface area contributed by atoms with Crippen LogP contribution in [0.5, 0.6) is 5.75 Å². The largest absolute Gasteiger partial charge is 0.488 e. The number of nitrogens with one attached hydrogen (secondary N) is 1. The van der Waals surface area contributed by atoms with Crippen LogP contribution in [0.2, 0.25) is 0 Å². The summed E-state index contributed by atoms with van der Waals surface area (Å²) in [4.78, 5) is 16.1. The lowest BCUT2D eigenvalue weighted by molar-refractivity contribution is 0.116. The first-order chi connectivity index (χ1) is 16.5. The third-order valence-electron chi connectivity index (χ3n) is 6.21. The van der Waals surface area contributed by atoms with Crippen molar-refractivity contribution in [3.05, 3.63) is 58.5 Å². The van der Waals surface area contributed by atoms with E-state index in [1.54, 1.807) is 19.2 Å². The van der Waals surface area contributed by atoms with Gasteiger partial charge in [-0.15, -0.1) is 5.10 Å². The minimum absolute atomic E-state index is 0.0871. The van der Waals surface area contributed by atoms with Crippen molar-refractivity contribution in [3.63, 3.8) is 0 Å². The molecule has 0 unspecified atom stereocenters. The van der Waals surface area contributed by atoms with Crippen molar-refractivity contribution in [1.29, 1.82) is 0 Å². The SMILES string of the molecule is C=C(/C=C1/OCCO/C1=N/N)CN[C@H]1CC[C@H](COc2c(F)cnc3ccc(=O)n(C)c23)CC1. The summed E-state index contributed by atoms with van der Waals surface area (Å²) in [5.41, 5.74) is 1.52. The van der Waals surface area contributed by atoms with Crippen LogP contribution in [0.25, 0.3) is 11.0 Å². The molecule has 9 nitrogen and oxygen atoms in total. The summed E-state index contributed by atoms with van der Waals surface area (Å²) >= 11 is 0. The Morgan fingerprint density at radius 3 is 2.88 bits per heavy atom. The zero-order valence-corrected chi connectivity index (χ0v) is 19.3. The molecule has 0 radical (unpaired) electrons. The van der Waals surface area contributed by atoms with Gasteiger partial charge in [0, 0.05) is 25.7 Å². The molecular weight excluding hydrogens is 441 g/mol. The van der Waals surface area contributed by atoms with Gasteiger partial charge in [0.05, 0.1) is 18.3 Å². The van der Waals surface area contributed by atoms with Crippen LogP contribution in [0.15, 0.2) is 52.2 Å². The number of rotatable bonds is 7. The van der Waals surface area contributed by atoms with Crippen molar-refractivity contribution in [2.75, 3.05) is 26.4 Å². The van der Waals surface area contributed by atoms with E-state index < -0.39 is 5.82 Å². The number of aromatic nitrogens is 2. The molecule has 2 aromatic heterocycles. The van der Waals surface area contributed by atoms with Crippen LogP contribution >= 0.6 is 0 Å². The molecule has 4 rings (SSSR count). The minimum Gasteiger partial charge on any atom is -0.488 e. The fraction of sp³-hybridized carbons (Fsp3) is 0.458. The van der Waals surface area contributed by atoms with Crippen molar-refractivity contribution in [1.82, 2.24) is 14.9 Å². The molecule has 182 valence electrons. The number of halogens is 1. The number of hydrogen-bond acceptors (Lipinski definition) is 8. The summed E-state index contributed by atoms with van der Waals surface area (Å²) in [6.07, 6.45) is 6.79. The molecule has 34 heavy (non-hydrogen) atoms. The van der Waals surface area contributed by atoms with Crippen molar-refractivity contribution >= 4 is 16.9 Å². The number of ether oxygens (including phenoxy) is 3. The van der Waals surface area contributed by atoms with Gasteiger partial charge >= 0.3 is 0 Å². The first-order valence-electron chi connectivity index (χ1n) is 11.4. The fourth-order valence-electron chi connectivity index (χ4n) is 4.30. The maximum Gasteiger partial charge on any atom is 0.273 e. The van der Waals surface area contributed by atoms with E-state index in [0.717, 1.165) is 37.5 Å². The van der Waals surface area contributed by atoms with E-state index in [2.05, 4.69) is 22.0 Å². The van der Waals surface area contributed by atoms with Crippen molar-refractivity contribution in [3.8, 4) is 5.75 Å². The first kappa shape index (κ1) is 23.7. The Balaban J connectivity index is 1.27. The van der Waals surface area contributed by atoms with Gasteiger partial charge in [-0.3, -0.25) is 9.78 Å². The standard InChI is InChI=1S/C24H30FN5O4/c1-15(11-20-24(29-26)33-10-9-32-20)12-27-17-5-3-16(4-6-17)14-34-23-18(25)13-28-19-7-8-21(31)30(2)22(19)23/h7-8,11,13,16-17,27H,1,3-6,9-10,12,14,26H2,2H3/b20-11+,29-24+/t16-,17-. The summed E-state index contributed by atoms with van der Waals surface area (Å²) in [5.74, 6) is 5.94. The number of aryl methyl sites for hydroxylation is 1. The molecule has 2 aliphatic rings. The van der Waals surface area contributed by atoms with Crippen LogP contribution in [0.1, 0.15) is 25.7 Å².